The normalized spacial score (nSPS) is 16.6. The van der Waals surface area contributed by atoms with Crippen molar-refractivity contribution in [2.45, 2.75) is 32.4 Å². The van der Waals surface area contributed by atoms with Crippen LogP contribution in [-0.2, 0) is 14.3 Å². The number of carbonyl (C=O) groups is 2. The lowest BCUT2D eigenvalue weighted by Gasteiger charge is -2.26. The molecule has 1 aliphatic rings. The van der Waals surface area contributed by atoms with Crippen LogP contribution in [0.1, 0.15) is 20.3 Å². The van der Waals surface area contributed by atoms with Crippen LogP contribution in [-0.4, -0.2) is 47.2 Å². The molecule has 25 heavy (non-hydrogen) atoms. The zero-order valence-corrected chi connectivity index (χ0v) is 15.4. The molecule has 2 rings (SSSR count). The molecule has 0 fully saturated rings. The third-order valence-corrected chi connectivity index (χ3v) is 4.52. The molecule has 0 aromatic heterocycles. The van der Waals surface area contributed by atoms with Crippen LogP contribution in [0.15, 0.2) is 30.0 Å². The molecule has 2 atom stereocenters. The van der Waals surface area contributed by atoms with Gasteiger partial charge in [0, 0.05) is 19.1 Å². The average molecular weight is 388 g/mol. The molecule has 0 saturated heterocycles. The Kier molecular flexibility index (Phi) is 6.70. The molecule has 0 aliphatic carbocycles. The van der Waals surface area contributed by atoms with E-state index in [0.717, 1.165) is 0 Å². The Labute approximate surface area is 155 Å². The second kappa shape index (κ2) is 8.56. The van der Waals surface area contributed by atoms with E-state index in [-0.39, 0.29) is 24.1 Å². The fourth-order valence-corrected chi connectivity index (χ4v) is 2.90. The summed E-state index contributed by atoms with van der Waals surface area (Å²) in [7, 11) is 0. The smallest absolute Gasteiger partial charge is 0.326 e. The molecule has 0 spiro atoms. The predicted molar refractivity (Wildman–Crippen MR) is 94.0 cm³/mol. The molecular formula is C17H19Cl2NO5. The van der Waals surface area contributed by atoms with Crippen LogP contribution in [0.3, 0.4) is 0 Å². The Hall–Kier alpha value is -1.76. The van der Waals surface area contributed by atoms with Gasteiger partial charge in [0.15, 0.2) is 0 Å². The van der Waals surface area contributed by atoms with Gasteiger partial charge in [0.05, 0.1) is 17.7 Å². The number of nitrogens with zero attached hydrogens (tertiary/aromatic N) is 1. The van der Waals surface area contributed by atoms with Crippen LogP contribution in [0.4, 0.5) is 0 Å². The van der Waals surface area contributed by atoms with Gasteiger partial charge in [-0.1, -0.05) is 29.3 Å². The lowest BCUT2D eigenvalue weighted by Crippen LogP contribution is -2.44. The number of carbonyl (C=O) groups excluding carboxylic acids is 1. The summed E-state index contributed by atoms with van der Waals surface area (Å²) in [6, 6.07) is 3.91. The third kappa shape index (κ3) is 4.87. The zero-order valence-electron chi connectivity index (χ0n) is 13.9. The minimum atomic E-state index is -1.09. The number of aliphatic carboxylic acids is 1. The van der Waals surface area contributed by atoms with E-state index in [4.69, 9.17) is 32.7 Å². The Morgan fingerprint density at radius 1 is 1.40 bits per heavy atom. The summed E-state index contributed by atoms with van der Waals surface area (Å²) in [5.41, 5.74) is 0. The largest absolute Gasteiger partial charge is 0.480 e. The van der Waals surface area contributed by atoms with Crippen LogP contribution < -0.4 is 4.74 Å². The predicted octanol–water partition coefficient (Wildman–Crippen LogP) is 3.37. The van der Waals surface area contributed by atoms with Crippen molar-refractivity contribution in [3.8, 4) is 5.75 Å². The minimum absolute atomic E-state index is 0.0392. The van der Waals surface area contributed by atoms with Gasteiger partial charge in [-0.15, -0.1) is 0 Å². The first kappa shape index (κ1) is 19.6. The van der Waals surface area contributed by atoms with Crippen molar-refractivity contribution in [2.24, 2.45) is 0 Å². The Balaban J connectivity index is 2.09. The Bertz CT molecular complexity index is 692. The van der Waals surface area contributed by atoms with Gasteiger partial charge < -0.3 is 19.5 Å². The van der Waals surface area contributed by atoms with E-state index in [1.807, 2.05) is 6.92 Å². The minimum Gasteiger partial charge on any atom is -0.480 e. The topological polar surface area (TPSA) is 76.1 Å². The van der Waals surface area contributed by atoms with Gasteiger partial charge in [-0.2, -0.15) is 0 Å². The van der Waals surface area contributed by atoms with E-state index >= 15 is 0 Å². The molecule has 2 unspecified atom stereocenters. The quantitative estimate of drug-likeness (QED) is 0.739. The number of hydrogen-bond acceptors (Lipinski definition) is 4. The number of ether oxygens (including phenoxy) is 2. The van der Waals surface area contributed by atoms with Gasteiger partial charge in [0.25, 0.3) is 5.91 Å². The first-order valence-electron chi connectivity index (χ1n) is 7.81. The number of benzene rings is 1. The maximum Gasteiger partial charge on any atom is 0.326 e. The molecule has 1 aromatic rings. The molecule has 6 nitrogen and oxygen atoms in total. The van der Waals surface area contributed by atoms with E-state index in [1.165, 1.54) is 11.0 Å². The van der Waals surface area contributed by atoms with Gasteiger partial charge in [-0.3, -0.25) is 4.79 Å². The lowest BCUT2D eigenvalue weighted by molar-refractivity contribution is -0.149. The number of carboxylic acids is 1. The highest BCUT2D eigenvalue weighted by atomic mass is 35.5. The first-order valence-corrected chi connectivity index (χ1v) is 8.56. The maximum absolute atomic E-state index is 12.2. The molecule has 136 valence electrons. The molecule has 8 heteroatoms. The lowest BCUT2D eigenvalue weighted by atomic mass is 10.1. The molecular weight excluding hydrogens is 369 g/mol. The fraction of sp³-hybridized carbons (Fsp3) is 0.412. The summed E-state index contributed by atoms with van der Waals surface area (Å²) >= 11 is 12.0. The molecule has 0 radical (unpaired) electrons. The monoisotopic (exact) mass is 387 g/mol. The highest BCUT2D eigenvalue weighted by Gasteiger charge is 2.35. The van der Waals surface area contributed by atoms with Gasteiger partial charge >= 0.3 is 5.97 Å². The third-order valence-electron chi connectivity index (χ3n) is 3.72. The van der Waals surface area contributed by atoms with Crippen molar-refractivity contribution < 1.29 is 24.2 Å². The number of rotatable bonds is 8. The standard InChI is InChI=1S/C17H19Cl2NO5/c1-3-24-10(2)7-13(17(22)23)20-9-11(8-15(20)21)25-14-6-4-5-12(18)16(14)19/h4-6,8,10,13H,3,7,9H2,1-2H3,(H,22,23). The Morgan fingerprint density at radius 3 is 2.76 bits per heavy atom. The Morgan fingerprint density at radius 2 is 2.12 bits per heavy atom. The first-order chi connectivity index (χ1) is 11.8. The highest BCUT2D eigenvalue weighted by Crippen LogP contribution is 2.33. The van der Waals surface area contributed by atoms with E-state index in [1.54, 1.807) is 25.1 Å². The summed E-state index contributed by atoms with van der Waals surface area (Å²) in [5.74, 6) is -0.895. The van der Waals surface area contributed by atoms with Crippen LogP contribution >= 0.6 is 23.2 Å². The molecule has 1 aliphatic heterocycles. The molecule has 0 saturated carbocycles. The second-order valence-corrected chi connectivity index (χ2v) is 6.37. The van der Waals surface area contributed by atoms with Crippen LogP contribution in [0.5, 0.6) is 5.75 Å². The van der Waals surface area contributed by atoms with Crippen molar-refractivity contribution in [1.82, 2.24) is 4.90 Å². The average Bonchev–Trinajstić information content (AvgIpc) is 2.90. The second-order valence-electron chi connectivity index (χ2n) is 5.59. The van der Waals surface area contributed by atoms with Gasteiger partial charge in [0.1, 0.15) is 22.6 Å². The van der Waals surface area contributed by atoms with Gasteiger partial charge in [-0.05, 0) is 26.0 Å². The van der Waals surface area contributed by atoms with Crippen LogP contribution in [0.2, 0.25) is 10.0 Å². The van der Waals surface area contributed by atoms with Crippen molar-refractivity contribution >= 4 is 35.1 Å². The van der Waals surface area contributed by atoms with Crippen molar-refractivity contribution in [3.05, 3.63) is 40.1 Å². The van der Waals surface area contributed by atoms with Crippen molar-refractivity contribution in [3.63, 3.8) is 0 Å². The zero-order chi connectivity index (χ0) is 18.6. The number of carboxylic acid groups (broad SMARTS) is 1. The molecule has 1 N–H and O–H groups in total. The summed E-state index contributed by atoms with van der Waals surface area (Å²) in [4.78, 5) is 25.0. The summed E-state index contributed by atoms with van der Waals surface area (Å²) in [5, 5.41) is 10.0. The number of halogens is 2. The maximum atomic E-state index is 12.2. The molecule has 0 bridgehead atoms. The molecule has 1 amide bonds. The van der Waals surface area contributed by atoms with E-state index in [2.05, 4.69) is 0 Å². The van der Waals surface area contributed by atoms with Crippen molar-refractivity contribution in [2.75, 3.05) is 13.2 Å². The van der Waals surface area contributed by atoms with Crippen LogP contribution in [0, 0.1) is 0 Å². The van der Waals surface area contributed by atoms with Gasteiger partial charge in [0.2, 0.25) is 0 Å². The van der Waals surface area contributed by atoms with E-state index in [9.17, 15) is 14.7 Å². The summed E-state index contributed by atoms with van der Waals surface area (Å²) in [6.45, 7) is 4.12. The van der Waals surface area contributed by atoms with Gasteiger partial charge in [-0.25, -0.2) is 4.79 Å². The SMILES string of the molecule is CCOC(C)CC(C(=O)O)N1CC(Oc2cccc(Cl)c2Cl)=CC1=O. The molecule has 1 aromatic carbocycles. The van der Waals surface area contributed by atoms with Crippen molar-refractivity contribution in [1.29, 1.82) is 0 Å². The summed E-state index contributed by atoms with van der Waals surface area (Å²) in [6.07, 6.45) is 1.16. The highest BCUT2D eigenvalue weighted by molar-refractivity contribution is 6.42. The number of hydrogen-bond donors (Lipinski definition) is 1. The van der Waals surface area contributed by atoms with E-state index < -0.39 is 17.9 Å². The number of amides is 1. The fourth-order valence-electron chi connectivity index (χ4n) is 2.57. The molecule has 1 heterocycles. The van der Waals surface area contributed by atoms with E-state index in [0.29, 0.717) is 23.1 Å². The van der Waals surface area contributed by atoms with Crippen LogP contribution in [0.25, 0.3) is 0 Å². The summed E-state index contributed by atoms with van der Waals surface area (Å²) < 4.78 is 11.0.